The van der Waals surface area contributed by atoms with Gasteiger partial charge in [0.1, 0.15) is 5.75 Å². The molecule has 0 radical (unpaired) electrons. The van der Waals surface area contributed by atoms with Gasteiger partial charge in [0.25, 0.3) is 10.2 Å². The zero-order valence-electron chi connectivity index (χ0n) is 16.0. The molecule has 0 N–H and O–H groups in total. The molecule has 1 atom stereocenters. The predicted molar refractivity (Wildman–Crippen MR) is 104 cm³/mol. The maximum Gasteiger partial charge on any atom is 0.281 e. The summed E-state index contributed by atoms with van der Waals surface area (Å²) in [5, 5.41) is 0. The minimum atomic E-state index is -3.31. The molecule has 2 aliphatic rings. The standard InChI is InChI=1S/C18H30N4O3S/c1-19(2)26(23,24)22-10-4-5-17(15-22)21-13-11-20(12-14-21)16-6-8-18(25-3)9-7-16/h6-9,17H,4-5,10-15H2,1-3H3. The topological polar surface area (TPSA) is 56.3 Å². The first-order chi connectivity index (χ1) is 12.4. The molecule has 3 rings (SSSR count). The lowest BCUT2D eigenvalue weighted by Gasteiger charge is -2.43. The van der Waals surface area contributed by atoms with E-state index in [1.54, 1.807) is 25.5 Å². The molecule has 7 nitrogen and oxygen atoms in total. The molecule has 0 aromatic heterocycles. The highest BCUT2D eigenvalue weighted by Crippen LogP contribution is 2.24. The van der Waals surface area contributed by atoms with Crippen LogP contribution in [0.25, 0.3) is 0 Å². The van der Waals surface area contributed by atoms with Crippen LogP contribution in [-0.4, -0.2) is 88.4 Å². The molecule has 0 aliphatic carbocycles. The Morgan fingerprint density at radius 2 is 1.69 bits per heavy atom. The maximum absolute atomic E-state index is 12.4. The summed E-state index contributed by atoms with van der Waals surface area (Å²) in [5.74, 6) is 0.872. The summed E-state index contributed by atoms with van der Waals surface area (Å²) >= 11 is 0. The van der Waals surface area contributed by atoms with Gasteiger partial charge in [0.15, 0.2) is 0 Å². The molecule has 0 spiro atoms. The number of piperidine rings is 1. The molecule has 1 unspecified atom stereocenters. The van der Waals surface area contributed by atoms with Gasteiger partial charge in [-0.25, -0.2) is 0 Å². The molecule has 2 saturated heterocycles. The van der Waals surface area contributed by atoms with Crippen LogP contribution in [0.2, 0.25) is 0 Å². The first kappa shape index (κ1) is 19.4. The molecule has 2 fully saturated rings. The molecule has 0 saturated carbocycles. The number of hydrogen-bond acceptors (Lipinski definition) is 5. The molecule has 1 aromatic carbocycles. The highest BCUT2D eigenvalue weighted by atomic mass is 32.2. The third kappa shape index (κ3) is 4.14. The van der Waals surface area contributed by atoms with E-state index >= 15 is 0 Å². The molecular weight excluding hydrogens is 352 g/mol. The Hall–Kier alpha value is -1.35. The number of methoxy groups -OCH3 is 1. The van der Waals surface area contributed by atoms with E-state index in [2.05, 4.69) is 21.9 Å². The first-order valence-electron chi connectivity index (χ1n) is 9.22. The Balaban J connectivity index is 1.57. The van der Waals surface area contributed by atoms with E-state index in [-0.39, 0.29) is 0 Å². The van der Waals surface area contributed by atoms with E-state index in [1.807, 2.05) is 12.1 Å². The zero-order valence-corrected chi connectivity index (χ0v) is 16.8. The average Bonchev–Trinajstić information content (AvgIpc) is 2.68. The Labute approximate surface area is 157 Å². The van der Waals surface area contributed by atoms with Crippen LogP contribution in [0, 0.1) is 0 Å². The van der Waals surface area contributed by atoms with Crippen molar-refractivity contribution in [3.8, 4) is 5.75 Å². The van der Waals surface area contributed by atoms with Crippen LogP contribution in [0.1, 0.15) is 12.8 Å². The second-order valence-electron chi connectivity index (χ2n) is 7.17. The SMILES string of the molecule is COc1ccc(N2CCN(C3CCCN(S(=O)(=O)N(C)C)C3)CC2)cc1. The molecule has 8 heteroatoms. The predicted octanol–water partition coefficient (Wildman–Crippen LogP) is 1.09. The highest BCUT2D eigenvalue weighted by molar-refractivity contribution is 7.86. The lowest BCUT2D eigenvalue weighted by Crippen LogP contribution is -2.56. The summed E-state index contributed by atoms with van der Waals surface area (Å²) < 4.78 is 33.0. The van der Waals surface area contributed by atoms with Crippen LogP contribution in [0.15, 0.2) is 24.3 Å². The van der Waals surface area contributed by atoms with Crippen molar-refractivity contribution in [3.05, 3.63) is 24.3 Å². The summed E-state index contributed by atoms with van der Waals surface area (Å²) in [5.41, 5.74) is 1.21. The van der Waals surface area contributed by atoms with Crippen molar-refractivity contribution < 1.29 is 13.2 Å². The van der Waals surface area contributed by atoms with Crippen LogP contribution < -0.4 is 9.64 Å². The van der Waals surface area contributed by atoms with E-state index < -0.39 is 10.2 Å². The Morgan fingerprint density at radius 3 is 2.27 bits per heavy atom. The fourth-order valence-electron chi connectivity index (χ4n) is 3.80. The average molecular weight is 383 g/mol. The van der Waals surface area contributed by atoms with Gasteiger partial charge in [-0.2, -0.15) is 17.0 Å². The third-order valence-electron chi connectivity index (χ3n) is 5.42. The van der Waals surface area contributed by atoms with E-state index in [4.69, 9.17) is 4.74 Å². The molecule has 146 valence electrons. The number of rotatable bonds is 5. The monoisotopic (exact) mass is 382 g/mol. The van der Waals surface area contributed by atoms with Crippen LogP contribution in [0.5, 0.6) is 5.75 Å². The van der Waals surface area contributed by atoms with Gasteiger partial charge < -0.3 is 9.64 Å². The summed E-state index contributed by atoms with van der Waals surface area (Å²) in [6.45, 7) is 5.08. The fourth-order valence-corrected chi connectivity index (χ4v) is 4.98. The van der Waals surface area contributed by atoms with Gasteiger partial charge in [0, 0.05) is 65.1 Å². The summed E-state index contributed by atoms with van der Waals surface area (Å²) in [6.07, 6.45) is 2.00. The van der Waals surface area contributed by atoms with Crippen molar-refractivity contribution >= 4 is 15.9 Å². The normalized spacial score (nSPS) is 23.4. The summed E-state index contributed by atoms with van der Waals surface area (Å²) in [6, 6.07) is 8.50. The minimum absolute atomic E-state index is 0.316. The number of nitrogens with zero attached hydrogens (tertiary/aromatic N) is 4. The Bertz CT molecular complexity index is 685. The van der Waals surface area contributed by atoms with Crippen molar-refractivity contribution in [2.75, 3.05) is 65.4 Å². The molecule has 0 amide bonds. The molecule has 26 heavy (non-hydrogen) atoms. The van der Waals surface area contributed by atoms with Gasteiger partial charge in [-0.15, -0.1) is 0 Å². The van der Waals surface area contributed by atoms with Gasteiger partial charge in [-0.3, -0.25) is 4.90 Å². The number of ether oxygens (including phenoxy) is 1. The number of piperazine rings is 1. The molecule has 1 aromatic rings. The van der Waals surface area contributed by atoms with Crippen LogP contribution in [0.3, 0.4) is 0 Å². The van der Waals surface area contributed by atoms with Crippen LogP contribution >= 0.6 is 0 Å². The van der Waals surface area contributed by atoms with Crippen molar-refractivity contribution in [2.24, 2.45) is 0 Å². The van der Waals surface area contributed by atoms with E-state index in [1.165, 1.54) is 9.99 Å². The van der Waals surface area contributed by atoms with Crippen LogP contribution in [-0.2, 0) is 10.2 Å². The number of hydrogen-bond donors (Lipinski definition) is 0. The zero-order chi connectivity index (χ0) is 18.7. The Kier molecular flexibility index (Phi) is 6.06. The van der Waals surface area contributed by atoms with Gasteiger partial charge >= 0.3 is 0 Å². The van der Waals surface area contributed by atoms with Gasteiger partial charge in [-0.1, -0.05) is 0 Å². The summed E-state index contributed by atoms with van der Waals surface area (Å²) in [7, 11) is 1.57. The lowest BCUT2D eigenvalue weighted by atomic mass is 10.0. The van der Waals surface area contributed by atoms with Gasteiger partial charge in [0.05, 0.1) is 7.11 Å². The molecule has 2 heterocycles. The second-order valence-corrected chi connectivity index (χ2v) is 9.31. The first-order valence-corrected chi connectivity index (χ1v) is 10.6. The van der Waals surface area contributed by atoms with Crippen molar-refractivity contribution in [2.45, 2.75) is 18.9 Å². The highest BCUT2D eigenvalue weighted by Gasteiger charge is 2.34. The largest absolute Gasteiger partial charge is 0.497 e. The molecular formula is C18H30N4O3S. The van der Waals surface area contributed by atoms with Gasteiger partial charge in [0.2, 0.25) is 0 Å². The van der Waals surface area contributed by atoms with Crippen LogP contribution in [0.4, 0.5) is 5.69 Å². The maximum atomic E-state index is 12.4. The van der Waals surface area contributed by atoms with Crippen molar-refractivity contribution in [3.63, 3.8) is 0 Å². The minimum Gasteiger partial charge on any atom is -0.497 e. The van der Waals surface area contributed by atoms with E-state index in [0.29, 0.717) is 19.1 Å². The Morgan fingerprint density at radius 1 is 1.04 bits per heavy atom. The lowest BCUT2D eigenvalue weighted by molar-refractivity contribution is 0.126. The van der Waals surface area contributed by atoms with Crippen molar-refractivity contribution in [1.82, 2.24) is 13.5 Å². The molecule has 0 bridgehead atoms. The fraction of sp³-hybridized carbons (Fsp3) is 0.667. The smallest absolute Gasteiger partial charge is 0.281 e. The summed E-state index contributed by atoms with van der Waals surface area (Å²) in [4.78, 5) is 4.84. The van der Waals surface area contributed by atoms with E-state index in [0.717, 1.165) is 44.8 Å². The van der Waals surface area contributed by atoms with Gasteiger partial charge in [-0.05, 0) is 37.1 Å². The molecule has 2 aliphatic heterocycles. The second kappa shape index (κ2) is 8.12. The quantitative estimate of drug-likeness (QED) is 0.763. The van der Waals surface area contributed by atoms with Crippen molar-refractivity contribution in [1.29, 1.82) is 0 Å². The van der Waals surface area contributed by atoms with E-state index in [9.17, 15) is 8.42 Å². The number of benzene rings is 1. The third-order valence-corrected chi connectivity index (χ3v) is 7.32. The number of anilines is 1.